The van der Waals surface area contributed by atoms with Gasteiger partial charge in [0, 0.05) is 18.3 Å². The predicted molar refractivity (Wildman–Crippen MR) is 48.9 cm³/mol. The molecule has 0 amide bonds. The first-order valence-corrected chi connectivity index (χ1v) is 3.48. The summed E-state index contributed by atoms with van der Waals surface area (Å²) in [7, 11) is 0. The van der Waals surface area contributed by atoms with Gasteiger partial charge in [0.1, 0.15) is 5.82 Å². The second kappa shape index (κ2) is 3.59. The van der Waals surface area contributed by atoms with Gasteiger partial charge in [-0.25, -0.2) is 15.2 Å². The van der Waals surface area contributed by atoms with Gasteiger partial charge >= 0.3 is 5.97 Å². The molecular weight excluding hydrogens is 194 g/mol. The Hall–Kier alpha value is -1.33. The molecule has 70 valence electrons. The maximum atomic E-state index is 10.5. The van der Waals surface area contributed by atoms with Crippen LogP contribution in [0.3, 0.4) is 0 Å². The van der Waals surface area contributed by atoms with Gasteiger partial charge in [-0.3, -0.25) is 0 Å². The summed E-state index contributed by atoms with van der Waals surface area (Å²) in [5, 5.41) is 8.64. The van der Waals surface area contributed by atoms with Crippen LogP contribution in [0.4, 0.5) is 5.82 Å². The van der Waals surface area contributed by atoms with Crippen molar-refractivity contribution in [3.8, 4) is 0 Å². The van der Waals surface area contributed by atoms with Crippen molar-refractivity contribution in [1.29, 1.82) is 0 Å². The van der Waals surface area contributed by atoms with Crippen LogP contribution in [0.2, 0.25) is 0 Å². The normalized spacial score (nSPS) is 12.6. The molecular formula is C7H8ClN3O2. The summed E-state index contributed by atoms with van der Waals surface area (Å²) in [5.41, 5.74) is 6.77. The minimum atomic E-state index is -0.947. The first-order valence-electron chi connectivity index (χ1n) is 3.48. The van der Waals surface area contributed by atoms with Gasteiger partial charge in [-0.2, -0.15) is 0 Å². The van der Waals surface area contributed by atoms with Crippen LogP contribution in [0.15, 0.2) is 12.3 Å². The molecule has 0 spiro atoms. The van der Waals surface area contributed by atoms with Crippen molar-refractivity contribution in [3.63, 3.8) is 0 Å². The van der Waals surface area contributed by atoms with Crippen molar-refractivity contribution >= 4 is 24.2 Å². The third-order valence-corrected chi connectivity index (χ3v) is 1.70. The Labute approximate surface area is 80.6 Å². The van der Waals surface area contributed by atoms with Crippen LogP contribution in [-0.2, 0) is 6.54 Å². The van der Waals surface area contributed by atoms with Crippen molar-refractivity contribution in [1.82, 2.24) is 10.4 Å². The van der Waals surface area contributed by atoms with Crippen molar-refractivity contribution in [2.45, 2.75) is 6.54 Å². The number of hydrogen-bond donors (Lipinski definition) is 3. The number of nitrogens with zero attached hydrogens (tertiary/aromatic N) is 1. The van der Waals surface area contributed by atoms with Crippen molar-refractivity contribution in [3.05, 3.63) is 23.4 Å². The molecule has 13 heavy (non-hydrogen) atoms. The number of fused-ring (bicyclic) bond motifs is 1. The average molecular weight is 202 g/mol. The lowest BCUT2D eigenvalue weighted by molar-refractivity contribution is 0.0696. The number of aromatic nitrogens is 1. The molecule has 0 saturated heterocycles. The molecule has 0 radical (unpaired) electrons. The smallest absolute Gasteiger partial charge is 0.337 e. The first kappa shape index (κ1) is 9.76. The van der Waals surface area contributed by atoms with E-state index in [-0.39, 0.29) is 18.0 Å². The molecule has 1 aromatic heterocycles. The lowest BCUT2D eigenvalue weighted by Gasteiger charge is -1.97. The van der Waals surface area contributed by atoms with E-state index in [2.05, 4.69) is 15.8 Å². The second-order valence-corrected chi connectivity index (χ2v) is 2.52. The molecule has 0 unspecified atom stereocenters. The van der Waals surface area contributed by atoms with E-state index in [1.54, 1.807) is 6.07 Å². The van der Waals surface area contributed by atoms with Crippen LogP contribution in [0.5, 0.6) is 0 Å². The quantitative estimate of drug-likeness (QED) is 0.622. The lowest BCUT2D eigenvalue weighted by Crippen LogP contribution is -2.11. The number of carbonyl (C=O) groups is 1. The highest BCUT2D eigenvalue weighted by molar-refractivity contribution is 5.87. The summed E-state index contributed by atoms with van der Waals surface area (Å²) in [6.07, 6.45) is 1.33. The topological polar surface area (TPSA) is 74.2 Å². The zero-order valence-electron chi connectivity index (χ0n) is 6.57. The summed E-state index contributed by atoms with van der Waals surface area (Å²) in [5.74, 6) is -0.239. The molecule has 5 nitrogen and oxygen atoms in total. The number of nitrogens with one attached hydrogen (secondary N) is 2. The first-order chi connectivity index (χ1) is 5.77. The molecule has 0 bridgehead atoms. The van der Waals surface area contributed by atoms with Crippen molar-refractivity contribution in [2.24, 2.45) is 0 Å². The SMILES string of the molecule is Cl.O=C(O)c1cnc2c(c1)CNN2. The molecule has 3 N–H and O–H groups in total. The van der Waals surface area contributed by atoms with Crippen LogP contribution in [-0.4, -0.2) is 16.1 Å². The van der Waals surface area contributed by atoms with E-state index in [1.807, 2.05) is 0 Å². The van der Waals surface area contributed by atoms with Crippen LogP contribution in [0, 0.1) is 0 Å². The Morgan fingerprint density at radius 2 is 2.38 bits per heavy atom. The van der Waals surface area contributed by atoms with Gasteiger partial charge in [-0.05, 0) is 6.07 Å². The van der Waals surface area contributed by atoms with Gasteiger partial charge in [0.15, 0.2) is 0 Å². The van der Waals surface area contributed by atoms with Crippen LogP contribution in [0.1, 0.15) is 15.9 Å². The van der Waals surface area contributed by atoms with Gasteiger partial charge in [0.25, 0.3) is 0 Å². The van der Waals surface area contributed by atoms with E-state index < -0.39 is 5.97 Å². The summed E-state index contributed by atoms with van der Waals surface area (Å²) >= 11 is 0. The highest BCUT2D eigenvalue weighted by Gasteiger charge is 2.13. The molecule has 0 aromatic carbocycles. The number of carboxylic acid groups (broad SMARTS) is 1. The number of anilines is 1. The average Bonchev–Trinajstić information content (AvgIpc) is 2.49. The maximum absolute atomic E-state index is 10.5. The number of rotatable bonds is 1. The van der Waals surface area contributed by atoms with Gasteiger partial charge < -0.3 is 10.5 Å². The van der Waals surface area contributed by atoms with Gasteiger partial charge in [-0.1, -0.05) is 0 Å². The number of halogens is 1. The third kappa shape index (κ3) is 1.71. The van der Waals surface area contributed by atoms with E-state index >= 15 is 0 Å². The minimum absolute atomic E-state index is 0. The molecule has 0 aliphatic carbocycles. The molecule has 0 atom stereocenters. The molecule has 0 fully saturated rings. The fourth-order valence-electron chi connectivity index (χ4n) is 1.10. The van der Waals surface area contributed by atoms with Crippen molar-refractivity contribution in [2.75, 3.05) is 5.43 Å². The zero-order valence-corrected chi connectivity index (χ0v) is 7.39. The van der Waals surface area contributed by atoms with Crippen molar-refractivity contribution < 1.29 is 9.90 Å². The minimum Gasteiger partial charge on any atom is -0.478 e. The van der Waals surface area contributed by atoms with Gasteiger partial charge in [0.05, 0.1) is 5.56 Å². The van der Waals surface area contributed by atoms with Gasteiger partial charge in [-0.15, -0.1) is 12.4 Å². The third-order valence-electron chi connectivity index (χ3n) is 1.70. The number of hydrazine groups is 1. The fourth-order valence-corrected chi connectivity index (χ4v) is 1.10. The van der Waals surface area contributed by atoms with Gasteiger partial charge in [0.2, 0.25) is 0 Å². The summed E-state index contributed by atoms with van der Waals surface area (Å²) in [6, 6.07) is 1.61. The maximum Gasteiger partial charge on any atom is 0.337 e. The van der Waals surface area contributed by atoms with E-state index in [4.69, 9.17) is 5.11 Å². The number of pyridine rings is 1. The summed E-state index contributed by atoms with van der Waals surface area (Å²) in [4.78, 5) is 14.4. The Bertz CT molecular complexity index is 343. The second-order valence-electron chi connectivity index (χ2n) is 2.52. The van der Waals surface area contributed by atoms with Crippen LogP contribution >= 0.6 is 12.4 Å². The fraction of sp³-hybridized carbons (Fsp3) is 0.143. The Morgan fingerprint density at radius 3 is 3.08 bits per heavy atom. The predicted octanol–water partition coefficient (Wildman–Crippen LogP) is 0.632. The highest BCUT2D eigenvalue weighted by Crippen LogP contribution is 2.17. The molecule has 1 aliphatic rings. The van der Waals surface area contributed by atoms with Crippen LogP contribution in [0.25, 0.3) is 0 Å². The molecule has 1 aliphatic heterocycles. The lowest BCUT2D eigenvalue weighted by atomic mass is 10.2. The molecule has 6 heteroatoms. The Morgan fingerprint density at radius 1 is 1.62 bits per heavy atom. The molecule has 2 rings (SSSR count). The zero-order chi connectivity index (χ0) is 8.55. The number of carboxylic acids is 1. The van der Waals surface area contributed by atoms with Crippen LogP contribution < -0.4 is 10.9 Å². The standard InChI is InChI=1S/C7H7N3O2.ClH/c11-7(12)5-1-4-3-9-10-6(4)8-2-5;/h1-2,9H,3H2,(H,8,10)(H,11,12);1H. The molecule has 1 aromatic rings. The van der Waals surface area contributed by atoms with E-state index in [0.29, 0.717) is 12.4 Å². The Kier molecular flexibility index (Phi) is 2.69. The summed E-state index contributed by atoms with van der Waals surface area (Å²) < 4.78 is 0. The van der Waals surface area contributed by atoms with E-state index in [9.17, 15) is 4.79 Å². The number of aromatic carboxylic acids is 1. The highest BCUT2D eigenvalue weighted by atomic mass is 35.5. The largest absolute Gasteiger partial charge is 0.478 e. The monoisotopic (exact) mass is 201 g/mol. The number of hydrogen-bond acceptors (Lipinski definition) is 4. The molecule has 2 heterocycles. The Balaban J connectivity index is 0.000000845. The van der Waals surface area contributed by atoms with E-state index in [1.165, 1.54) is 6.20 Å². The van der Waals surface area contributed by atoms with E-state index in [0.717, 1.165) is 5.56 Å². The molecule has 0 saturated carbocycles. The summed E-state index contributed by atoms with van der Waals surface area (Å²) in [6.45, 7) is 0.615.